The van der Waals surface area contributed by atoms with Gasteiger partial charge in [0.25, 0.3) is 17.7 Å². The molecule has 3 amide bonds. The monoisotopic (exact) mass is 742 g/mol. The lowest BCUT2D eigenvalue weighted by Crippen LogP contribution is -2.37. The number of anilines is 6. The highest BCUT2D eigenvalue weighted by Crippen LogP contribution is 2.27. The summed E-state index contributed by atoms with van der Waals surface area (Å²) in [5, 5.41) is 10.7. The van der Waals surface area contributed by atoms with Crippen LogP contribution in [0, 0.1) is 13.8 Å². The maximum atomic E-state index is 12.4. The van der Waals surface area contributed by atoms with Gasteiger partial charge in [0.1, 0.15) is 21.6 Å². The Morgan fingerprint density at radius 1 is 0.769 bits per heavy atom. The largest absolute Gasteiger partial charge is 0.364 e. The molecule has 17 nitrogen and oxygen atoms in total. The number of nitrogens with one attached hydrogen (secondary N) is 3. The zero-order valence-electron chi connectivity index (χ0n) is 28.4. The minimum atomic E-state index is -0.660. The van der Waals surface area contributed by atoms with Gasteiger partial charge < -0.3 is 43.0 Å². The van der Waals surface area contributed by atoms with Crippen LogP contribution >= 0.6 is 23.1 Å². The minimum absolute atomic E-state index is 0.00382. The molecular formula is C33H38N14O3S2. The molecule has 2 aliphatic heterocycles. The number of hydrogen-bond acceptors (Lipinski definition) is 16. The molecule has 19 heteroatoms. The van der Waals surface area contributed by atoms with Crippen molar-refractivity contribution in [3.05, 3.63) is 83.2 Å². The number of hydrogen-bond donors (Lipinski definition) is 6. The maximum absolute atomic E-state index is 12.4. The van der Waals surface area contributed by atoms with E-state index in [2.05, 4.69) is 44.6 Å². The number of primary amides is 2. The maximum Gasteiger partial charge on any atom is 0.271 e. The summed E-state index contributed by atoms with van der Waals surface area (Å²) in [7, 11) is 0. The molecule has 1 aromatic carbocycles. The van der Waals surface area contributed by atoms with Crippen molar-refractivity contribution in [3.8, 4) is 0 Å². The first-order valence-electron chi connectivity index (χ1n) is 16.4. The van der Waals surface area contributed by atoms with Crippen molar-refractivity contribution in [1.82, 2.24) is 34.0 Å². The van der Waals surface area contributed by atoms with Crippen molar-refractivity contribution in [1.29, 1.82) is 0 Å². The van der Waals surface area contributed by atoms with Crippen LogP contribution in [0.25, 0.3) is 0 Å². The molecule has 0 spiro atoms. The van der Waals surface area contributed by atoms with E-state index in [-0.39, 0.29) is 29.4 Å². The van der Waals surface area contributed by atoms with E-state index in [0.717, 1.165) is 47.3 Å². The van der Waals surface area contributed by atoms with Crippen LogP contribution in [0.2, 0.25) is 0 Å². The number of amides is 3. The van der Waals surface area contributed by atoms with Gasteiger partial charge in [0, 0.05) is 43.8 Å². The predicted molar refractivity (Wildman–Crippen MR) is 201 cm³/mol. The molecule has 270 valence electrons. The predicted octanol–water partition coefficient (Wildman–Crippen LogP) is 2.71. The molecule has 0 radical (unpaired) electrons. The summed E-state index contributed by atoms with van der Waals surface area (Å²) >= 11 is 2.55. The van der Waals surface area contributed by atoms with Crippen LogP contribution in [0.15, 0.2) is 54.9 Å². The molecule has 7 rings (SSSR count). The lowest BCUT2D eigenvalue weighted by atomic mass is 10.2. The lowest BCUT2D eigenvalue weighted by molar-refractivity contribution is 0.0938. The van der Waals surface area contributed by atoms with E-state index < -0.39 is 11.8 Å². The Hall–Kier alpha value is -5.79. The van der Waals surface area contributed by atoms with Crippen molar-refractivity contribution >= 4 is 74.1 Å². The molecule has 9 N–H and O–H groups in total. The summed E-state index contributed by atoms with van der Waals surface area (Å²) < 4.78 is 8.40. The third kappa shape index (κ3) is 8.92. The van der Waals surface area contributed by atoms with Gasteiger partial charge in [-0.05, 0) is 74.0 Å². The summed E-state index contributed by atoms with van der Waals surface area (Å²) in [6, 6.07) is 13.0. The van der Waals surface area contributed by atoms with E-state index in [1.165, 1.54) is 29.3 Å². The Labute approximate surface area is 307 Å². The highest BCUT2D eigenvalue weighted by molar-refractivity contribution is 7.10. The molecule has 0 saturated carbocycles. The van der Waals surface area contributed by atoms with Crippen LogP contribution in [-0.2, 0) is 0 Å². The second kappa shape index (κ2) is 16.0. The molecule has 0 bridgehead atoms. The topological polar surface area (TPSA) is 249 Å². The molecule has 2 aliphatic rings. The van der Waals surface area contributed by atoms with Crippen molar-refractivity contribution in [2.75, 3.05) is 46.6 Å². The molecule has 2 fully saturated rings. The summed E-state index contributed by atoms with van der Waals surface area (Å²) in [6.45, 7) is 6.64. The van der Waals surface area contributed by atoms with Crippen molar-refractivity contribution in [2.45, 2.75) is 38.8 Å². The summed E-state index contributed by atoms with van der Waals surface area (Å²) in [5.41, 5.74) is 19.3. The van der Waals surface area contributed by atoms with Gasteiger partial charge >= 0.3 is 0 Å². The van der Waals surface area contributed by atoms with Crippen LogP contribution in [0.3, 0.4) is 0 Å². The third-order valence-corrected chi connectivity index (χ3v) is 9.75. The van der Waals surface area contributed by atoms with Gasteiger partial charge in [0.2, 0.25) is 0 Å². The normalized spacial score (nSPS) is 16.6. The summed E-state index contributed by atoms with van der Waals surface area (Å²) in [5.74, 6) is 0.546. The smallest absolute Gasteiger partial charge is 0.271 e. The fraction of sp³-hybridized carbons (Fsp3) is 0.303. The van der Waals surface area contributed by atoms with Crippen LogP contribution in [0.4, 0.5) is 33.3 Å². The number of benzene rings is 1. The average Bonchev–Trinajstić information content (AvgIpc) is 3.95. The van der Waals surface area contributed by atoms with E-state index >= 15 is 0 Å². The first kappa shape index (κ1) is 36.0. The summed E-state index contributed by atoms with van der Waals surface area (Å²) in [4.78, 5) is 57.2. The zero-order valence-corrected chi connectivity index (χ0v) is 30.1. The Bertz CT molecular complexity index is 2060. The molecule has 6 heterocycles. The average molecular weight is 743 g/mol. The van der Waals surface area contributed by atoms with Crippen LogP contribution in [0.5, 0.6) is 0 Å². The molecule has 52 heavy (non-hydrogen) atoms. The van der Waals surface area contributed by atoms with E-state index in [1.807, 2.05) is 54.0 Å². The summed E-state index contributed by atoms with van der Waals surface area (Å²) in [6.07, 6.45) is 4.79. The molecule has 0 aliphatic carbocycles. The fourth-order valence-corrected chi connectivity index (χ4v) is 6.94. The van der Waals surface area contributed by atoms with Gasteiger partial charge in [-0.25, -0.2) is 19.9 Å². The van der Waals surface area contributed by atoms with Crippen molar-refractivity contribution in [3.63, 3.8) is 0 Å². The van der Waals surface area contributed by atoms with Gasteiger partial charge in [0.05, 0.1) is 23.8 Å². The first-order valence-corrected chi connectivity index (χ1v) is 17.9. The highest BCUT2D eigenvalue weighted by Gasteiger charge is 2.27. The Morgan fingerprint density at radius 3 is 1.75 bits per heavy atom. The van der Waals surface area contributed by atoms with Gasteiger partial charge in [-0.3, -0.25) is 14.4 Å². The number of carbonyl (C=O) groups excluding carboxylic acids is 3. The number of nitrogens with zero attached hydrogens (tertiary/aromatic N) is 8. The number of rotatable bonds is 10. The second-order valence-corrected chi connectivity index (χ2v) is 13.9. The number of aryl methyl sites for hydroxylation is 2. The quantitative estimate of drug-likeness (QED) is 0.120. The second-order valence-electron chi connectivity index (χ2n) is 12.3. The number of aromatic nitrogens is 6. The van der Waals surface area contributed by atoms with Gasteiger partial charge in [-0.15, -0.1) is 0 Å². The van der Waals surface area contributed by atoms with E-state index in [4.69, 9.17) is 17.2 Å². The minimum Gasteiger partial charge on any atom is -0.364 e. The van der Waals surface area contributed by atoms with Crippen LogP contribution < -0.4 is 43.0 Å². The third-order valence-electron chi connectivity index (χ3n) is 8.16. The van der Waals surface area contributed by atoms with Crippen molar-refractivity contribution in [2.24, 2.45) is 17.2 Å². The van der Waals surface area contributed by atoms with Gasteiger partial charge in [0.15, 0.2) is 23.0 Å². The number of nitrogens with two attached hydrogens (primary N) is 3. The standard InChI is InChI=1S/C20H21N7O2S.C13H17N7OS/c1-12-9-16(30-26-12)25-19-17(18(21)28)22-10-15(24-19)27-8-7-14(11-27)23-20(29)13-5-3-2-4-6-13;1-7-4-10(22-19-7)18-13-11(12(15)21)16-5-9(17-13)20-3-2-8(14)6-20/h2-6,9-10,14H,7-8,11H2,1H3,(H2,21,28)(H,23,29)(H,24,25);4-5,8H,2-3,6,14H2,1H3,(H2,15,21)(H,17,18)/t14-;8-/m11/s1. The molecule has 2 atom stereocenters. The lowest BCUT2D eigenvalue weighted by Gasteiger charge is -2.19. The van der Waals surface area contributed by atoms with E-state index in [0.29, 0.717) is 41.9 Å². The molecule has 2 saturated heterocycles. The van der Waals surface area contributed by atoms with Gasteiger partial charge in [-0.1, -0.05) is 18.2 Å². The molecular weight excluding hydrogens is 705 g/mol. The molecule has 5 aromatic rings. The first-order chi connectivity index (χ1) is 25.0. The zero-order chi connectivity index (χ0) is 36.8. The van der Waals surface area contributed by atoms with E-state index in [9.17, 15) is 14.4 Å². The Kier molecular flexibility index (Phi) is 11.1. The van der Waals surface area contributed by atoms with E-state index in [1.54, 1.807) is 18.3 Å². The molecule has 4 aromatic heterocycles. The van der Waals surface area contributed by atoms with Crippen molar-refractivity contribution < 1.29 is 14.4 Å². The highest BCUT2D eigenvalue weighted by atomic mass is 32.1. The van der Waals surface area contributed by atoms with Gasteiger partial charge in [-0.2, -0.15) is 8.75 Å². The van der Waals surface area contributed by atoms with Crippen LogP contribution in [-0.4, -0.2) is 84.7 Å². The fourth-order valence-electron chi connectivity index (χ4n) is 5.62. The molecule has 0 unspecified atom stereocenters. The SMILES string of the molecule is Cc1cc(Nc2nc(N3CC[C@@H](N)C3)cnc2C(N)=O)sn1.Cc1cc(Nc2nc(N3CC[C@@H](NC(=O)c4ccccc4)C3)cnc2C(N)=O)sn1. The Balaban J connectivity index is 0.000000187. The van der Waals surface area contributed by atoms with Crippen LogP contribution in [0.1, 0.15) is 55.6 Å². The Morgan fingerprint density at radius 2 is 1.29 bits per heavy atom. The number of carbonyl (C=O) groups is 3.